The Morgan fingerprint density at radius 2 is 2.08 bits per heavy atom. The summed E-state index contributed by atoms with van der Waals surface area (Å²) in [5.74, 6) is -1.89. The summed E-state index contributed by atoms with van der Waals surface area (Å²) in [4.78, 5) is 23.4. The van der Waals surface area contributed by atoms with Gasteiger partial charge in [-0.25, -0.2) is 13.6 Å². The van der Waals surface area contributed by atoms with Gasteiger partial charge in [0.2, 0.25) is 0 Å². The fraction of sp³-hybridized carbons (Fsp3) is 0.176. The van der Waals surface area contributed by atoms with Gasteiger partial charge in [-0.2, -0.15) is 0 Å². The summed E-state index contributed by atoms with van der Waals surface area (Å²) >= 11 is 0. The molecule has 3 N–H and O–H groups in total. The highest BCUT2D eigenvalue weighted by Gasteiger charge is 2.18. The first kappa shape index (κ1) is 16.7. The van der Waals surface area contributed by atoms with Gasteiger partial charge in [0.25, 0.3) is 5.91 Å². The number of ether oxygens (including phenoxy) is 1. The van der Waals surface area contributed by atoms with Crippen LogP contribution in [0.5, 0.6) is 5.75 Å². The predicted molar refractivity (Wildman–Crippen MR) is 87.5 cm³/mol. The van der Waals surface area contributed by atoms with Crippen molar-refractivity contribution in [1.29, 1.82) is 0 Å². The van der Waals surface area contributed by atoms with Crippen LogP contribution >= 0.6 is 0 Å². The molecule has 0 aliphatic carbocycles. The summed E-state index contributed by atoms with van der Waals surface area (Å²) in [7, 11) is 0. The molecule has 1 unspecified atom stereocenters. The van der Waals surface area contributed by atoms with Gasteiger partial charge in [0.15, 0.2) is 18.2 Å². The average molecular weight is 347 g/mol. The number of urea groups is 1. The summed E-state index contributed by atoms with van der Waals surface area (Å²) in [6.45, 7) is 1.68. The van der Waals surface area contributed by atoms with Crippen LogP contribution in [0.4, 0.5) is 25.0 Å². The maximum Gasteiger partial charge on any atom is 0.319 e. The molecule has 0 saturated heterocycles. The summed E-state index contributed by atoms with van der Waals surface area (Å²) in [6.07, 6.45) is 0. The van der Waals surface area contributed by atoms with Crippen molar-refractivity contribution in [1.82, 2.24) is 5.32 Å². The van der Waals surface area contributed by atoms with Crippen molar-refractivity contribution in [3.63, 3.8) is 0 Å². The lowest BCUT2D eigenvalue weighted by molar-refractivity contribution is -0.118. The lowest BCUT2D eigenvalue weighted by Gasteiger charge is -2.21. The number of fused-ring (bicyclic) bond motifs is 1. The van der Waals surface area contributed by atoms with E-state index in [2.05, 4.69) is 16.0 Å². The standard InChI is InChI=1S/C17H15F2N3O3/c1-9(10-5-6-14-13(7-10)21-15(23)8-25-14)20-17(24)22-12-4-2-3-11(18)16(12)19/h2-7,9H,8H2,1H3,(H,21,23)(H2,20,22,24). The third-order valence-electron chi connectivity index (χ3n) is 3.68. The Morgan fingerprint density at radius 1 is 1.28 bits per heavy atom. The minimum Gasteiger partial charge on any atom is -0.482 e. The van der Waals surface area contributed by atoms with Gasteiger partial charge >= 0.3 is 6.03 Å². The van der Waals surface area contributed by atoms with Gasteiger partial charge in [0, 0.05) is 0 Å². The van der Waals surface area contributed by atoms with Crippen LogP contribution in [-0.2, 0) is 4.79 Å². The first-order chi connectivity index (χ1) is 11.9. The molecule has 3 amide bonds. The van der Waals surface area contributed by atoms with Crippen molar-refractivity contribution >= 4 is 23.3 Å². The van der Waals surface area contributed by atoms with E-state index in [9.17, 15) is 18.4 Å². The molecular formula is C17H15F2N3O3. The summed E-state index contributed by atoms with van der Waals surface area (Å²) in [5, 5.41) is 7.56. The molecule has 0 bridgehead atoms. The van der Waals surface area contributed by atoms with Crippen LogP contribution in [0.15, 0.2) is 36.4 Å². The Balaban J connectivity index is 1.68. The van der Waals surface area contributed by atoms with Crippen molar-refractivity contribution in [2.75, 3.05) is 17.2 Å². The average Bonchev–Trinajstić information content (AvgIpc) is 2.58. The van der Waals surface area contributed by atoms with Gasteiger partial charge in [0.1, 0.15) is 5.75 Å². The molecule has 1 aliphatic rings. The van der Waals surface area contributed by atoms with Crippen LogP contribution in [0.1, 0.15) is 18.5 Å². The van der Waals surface area contributed by atoms with E-state index in [1.165, 1.54) is 12.1 Å². The summed E-state index contributed by atoms with van der Waals surface area (Å²) in [5.41, 5.74) is 0.967. The SMILES string of the molecule is CC(NC(=O)Nc1cccc(F)c1F)c1ccc2c(c1)NC(=O)CO2. The molecule has 0 saturated carbocycles. The van der Waals surface area contributed by atoms with Crippen LogP contribution in [0, 0.1) is 11.6 Å². The van der Waals surface area contributed by atoms with E-state index in [4.69, 9.17) is 4.74 Å². The molecule has 8 heteroatoms. The third kappa shape index (κ3) is 3.68. The first-order valence-corrected chi connectivity index (χ1v) is 7.52. The fourth-order valence-electron chi connectivity index (χ4n) is 2.41. The van der Waals surface area contributed by atoms with E-state index in [0.29, 0.717) is 17.0 Å². The van der Waals surface area contributed by atoms with E-state index in [1.54, 1.807) is 25.1 Å². The number of rotatable bonds is 3. The number of anilines is 2. The van der Waals surface area contributed by atoms with E-state index < -0.39 is 23.7 Å². The van der Waals surface area contributed by atoms with E-state index in [-0.39, 0.29) is 18.2 Å². The topological polar surface area (TPSA) is 79.5 Å². The Hall–Kier alpha value is -3.16. The fourth-order valence-corrected chi connectivity index (χ4v) is 2.41. The molecule has 25 heavy (non-hydrogen) atoms. The molecule has 6 nitrogen and oxygen atoms in total. The van der Waals surface area contributed by atoms with Crippen molar-refractivity contribution in [2.45, 2.75) is 13.0 Å². The summed E-state index contributed by atoms with van der Waals surface area (Å²) in [6, 6.07) is 7.50. The Kier molecular flexibility index (Phi) is 4.51. The zero-order valence-corrected chi connectivity index (χ0v) is 13.2. The number of nitrogens with one attached hydrogen (secondary N) is 3. The van der Waals surface area contributed by atoms with Gasteiger partial charge in [-0.15, -0.1) is 0 Å². The number of amides is 3. The maximum absolute atomic E-state index is 13.6. The predicted octanol–water partition coefficient (Wildman–Crippen LogP) is 3.18. The largest absolute Gasteiger partial charge is 0.482 e. The second-order valence-corrected chi connectivity index (χ2v) is 5.51. The second kappa shape index (κ2) is 6.76. The van der Waals surface area contributed by atoms with Crippen molar-refractivity contribution in [3.8, 4) is 5.75 Å². The van der Waals surface area contributed by atoms with Crippen LogP contribution in [0.3, 0.4) is 0 Å². The lowest BCUT2D eigenvalue weighted by atomic mass is 10.1. The van der Waals surface area contributed by atoms with Crippen LogP contribution in [0.2, 0.25) is 0 Å². The van der Waals surface area contributed by atoms with E-state index >= 15 is 0 Å². The highest BCUT2D eigenvalue weighted by Crippen LogP contribution is 2.30. The van der Waals surface area contributed by atoms with Gasteiger partial charge in [-0.3, -0.25) is 4.79 Å². The number of carbonyl (C=O) groups excluding carboxylic acids is 2. The minimum atomic E-state index is -1.13. The smallest absolute Gasteiger partial charge is 0.319 e. The van der Waals surface area contributed by atoms with E-state index in [0.717, 1.165) is 6.07 Å². The molecule has 1 atom stereocenters. The molecule has 0 fully saturated rings. The Bertz CT molecular complexity index is 842. The number of carbonyl (C=O) groups is 2. The molecule has 0 radical (unpaired) electrons. The molecule has 130 valence electrons. The first-order valence-electron chi connectivity index (χ1n) is 7.52. The molecule has 1 aliphatic heterocycles. The number of benzene rings is 2. The number of halogens is 2. The van der Waals surface area contributed by atoms with Gasteiger partial charge in [0.05, 0.1) is 17.4 Å². The van der Waals surface area contributed by atoms with E-state index in [1.807, 2.05) is 0 Å². The minimum absolute atomic E-state index is 0.0399. The van der Waals surface area contributed by atoms with Crippen LogP contribution < -0.4 is 20.7 Å². The van der Waals surface area contributed by atoms with Gasteiger partial charge in [-0.1, -0.05) is 12.1 Å². The number of hydrogen-bond donors (Lipinski definition) is 3. The van der Waals surface area contributed by atoms with Crippen molar-refractivity contribution < 1.29 is 23.1 Å². The lowest BCUT2D eigenvalue weighted by Crippen LogP contribution is -2.32. The zero-order valence-electron chi connectivity index (χ0n) is 13.2. The summed E-state index contributed by atoms with van der Waals surface area (Å²) < 4.78 is 32.0. The molecule has 0 spiro atoms. The van der Waals surface area contributed by atoms with Crippen LogP contribution in [0.25, 0.3) is 0 Å². The third-order valence-corrected chi connectivity index (χ3v) is 3.68. The molecule has 2 aromatic carbocycles. The van der Waals surface area contributed by atoms with Gasteiger partial charge < -0.3 is 20.7 Å². The molecule has 2 aromatic rings. The van der Waals surface area contributed by atoms with Crippen LogP contribution in [-0.4, -0.2) is 18.5 Å². The Labute approximate surface area is 142 Å². The molecular weight excluding hydrogens is 332 g/mol. The second-order valence-electron chi connectivity index (χ2n) is 5.51. The van der Waals surface area contributed by atoms with Crippen molar-refractivity contribution in [3.05, 3.63) is 53.6 Å². The normalized spacial score (nSPS) is 14.0. The Morgan fingerprint density at radius 3 is 2.88 bits per heavy atom. The van der Waals surface area contributed by atoms with Gasteiger partial charge in [-0.05, 0) is 36.8 Å². The number of hydrogen-bond acceptors (Lipinski definition) is 3. The maximum atomic E-state index is 13.6. The highest BCUT2D eigenvalue weighted by atomic mass is 19.2. The quantitative estimate of drug-likeness (QED) is 0.798. The monoisotopic (exact) mass is 347 g/mol. The molecule has 3 rings (SSSR count). The van der Waals surface area contributed by atoms with Crippen molar-refractivity contribution in [2.24, 2.45) is 0 Å². The zero-order chi connectivity index (χ0) is 18.0. The molecule has 1 heterocycles. The molecule has 0 aromatic heterocycles. The highest BCUT2D eigenvalue weighted by molar-refractivity contribution is 5.95.